The number of ether oxygens (including phenoxy) is 1. The van der Waals surface area contributed by atoms with Crippen LogP contribution in [-0.2, 0) is 16.9 Å². The van der Waals surface area contributed by atoms with Gasteiger partial charge < -0.3 is 30.2 Å². The molecular formula is C39H41N5O5S. The highest BCUT2D eigenvalue weighted by atomic mass is 32.1. The lowest BCUT2D eigenvalue weighted by molar-refractivity contribution is -0.113. The first-order valence-electron chi connectivity index (χ1n) is 17.1. The minimum Gasteiger partial charge on any atom is -0.445 e. The normalized spacial score (nSPS) is 19.4. The Morgan fingerprint density at radius 1 is 1.10 bits per heavy atom. The van der Waals surface area contributed by atoms with Crippen LogP contribution in [-0.4, -0.2) is 57.5 Å². The molecule has 7 rings (SSSR count). The zero-order valence-electron chi connectivity index (χ0n) is 28.0. The molecule has 0 aliphatic carbocycles. The molecule has 4 N–H and O–H groups in total. The monoisotopic (exact) mass is 691 g/mol. The molecule has 0 radical (unpaired) electrons. The van der Waals surface area contributed by atoms with Crippen LogP contribution < -0.4 is 11.1 Å². The van der Waals surface area contributed by atoms with Gasteiger partial charge in [0.25, 0.3) is 5.91 Å². The number of carbonyl (C=O) groups is 2. The minimum absolute atomic E-state index is 0.102. The number of nitrogens with one attached hydrogen (secondary N) is 1. The highest BCUT2D eigenvalue weighted by molar-refractivity contribution is 7.09. The van der Waals surface area contributed by atoms with Crippen molar-refractivity contribution >= 4 is 23.2 Å². The average Bonchev–Trinajstić information content (AvgIpc) is 3.99. The molecule has 11 heteroatoms. The van der Waals surface area contributed by atoms with Crippen molar-refractivity contribution < 1.29 is 23.8 Å². The van der Waals surface area contributed by atoms with E-state index < -0.39 is 24.0 Å². The summed E-state index contributed by atoms with van der Waals surface area (Å²) in [6.07, 6.45) is 6.16. The van der Waals surface area contributed by atoms with Crippen molar-refractivity contribution in [3.8, 4) is 11.5 Å². The van der Waals surface area contributed by atoms with E-state index in [9.17, 15) is 9.90 Å². The fraction of sp³-hybridized carbons (Fsp3) is 0.333. The fourth-order valence-corrected chi connectivity index (χ4v) is 8.69. The third kappa shape index (κ3) is 6.37. The van der Waals surface area contributed by atoms with Crippen molar-refractivity contribution in [3.05, 3.63) is 129 Å². The molecule has 2 aromatic heterocycles. The lowest BCUT2D eigenvalue weighted by Gasteiger charge is -2.46. The molecule has 2 fully saturated rings. The lowest BCUT2D eigenvalue weighted by atomic mass is 9.69. The van der Waals surface area contributed by atoms with Crippen LogP contribution in [0.4, 0.5) is 0 Å². The molecule has 2 aliphatic rings. The van der Waals surface area contributed by atoms with Crippen molar-refractivity contribution in [2.45, 2.75) is 62.8 Å². The van der Waals surface area contributed by atoms with Crippen LogP contribution in [0.25, 0.3) is 11.5 Å². The summed E-state index contributed by atoms with van der Waals surface area (Å²) in [6.45, 7) is 3.01. The molecule has 3 aromatic carbocycles. The summed E-state index contributed by atoms with van der Waals surface area (Å²) < 4.78 is 12.8. The number of benzene rings is 3. The Labute approximate surface area is 295 Å². The second-order valence-corrected chi connectivity index (χ2v) is 13.9. The van der Waals surface area contributed by atoms with Gasteiger partial charge in [0.15, 0.2) is 0 Å². The number of primary amides is 1. The van der Waals surface area contributed by atoms with Crippen molar-refractivity contribution in [2.24, 2.45) is 5.73 Å². The summed E-state index contributed by atoms with van der Waals surface area (Å²) in [5, 5.41) is 18.2. The van der Waals surface area contributed by atoms with Gasteiger partial charge in [0.05, 0.1) is 25.5 Å². The number of oxazole rings is 1. The van der Waals surface area contributed by atoms with Gasteiger partial charge in [-0.25, -0.2) is 9.97 Å². The predicted octanol–water partition coefficient (Wildman–Crippen LogP) is 6.12. The zero-order chi connectivity index (χ0) is 34.7. The number of carbonyl (C=O) groups excluding carboxylic acids is 2. The number of nitrogens with zero attached hydrogens (tertiary/aromatic N) is 3. The fourth-order valence-electron chi connectivity index (χ4n) is 7.74. The smallest absolute Gasteiger partial charge is 0.254 e. The van der Waals surface area contributed by atoms with Crippen molar-refractivity contribution in [1.82, 2.24) is 20.2 Å². The summed E-state index contributed by atoms with van der Waals surface area (Å²) in [5.74, 6) is -1.67. The van der Waals surface area contributed by atoms with Crippen LogP contribution in [0.2, 0.25) is 0 Å². The van der Waals surface area contributed by atoms with Crippen LogP contribution in [0.15, 0.2) is 95.1 Å². The van der Waals surface area contributed by atoms with Gasteiger partial charge in [-0.15, -0.1) is 11.3 Å². The Morgan fingerprint density at radius 3 is 2.50 bits per heavy atom. The standard InChI is InChI=1S/C39H41N5O5S/c1-25-24-50-37(43-25)32-14-9-18-44(32)38(47)30-21-27(36-42-17-19-48-36)20-29(35(40)46)34(30)31(22-45)39(33-15-8-16-41-33,28-12-6-3-7-13-28)49-23-26-10-4-2-5-11-26/h2-7,10-13,17,19-21,24,31-33,41,45H,8-9,14-16,18,22-23H2,1H3,(H2,40,46)/t31?,32-,33?,39?/m1/s1. The van der Waals surface area contributed by atoms with E-state index in [-0.39, 0.29) is 41.6 Å². The number of aromatic nitrogens is 2. The highest BCUT2D eigenvalue weighted by Crippen LogP contribution is 2.49. The molecule has 0 spiro atoms. The summed E-state index contributed by atoms with van der Waals surface area (Å²) in [5.41, 5.74) is 8.78. The Hall–Kier alpha value is -4.68. The van der Waals surface area contributed by atoms with Gasteiger partial charge in [0.2, 0.25) is 11.8 Å². The number of hydrogen-bond acceptors (Lipinski definition) is 9. The molecule has 2 saturated heterocycles. The number of amides is 2. The Balaban J connectivity index is 1.46. The number of nitrogens with two attached hydrogens (primary N) is 1. The number of thiazole rings is 1. The first kappa shape index (κ1) is 33.8. The van der Waals surface area contributed by atoms with Gasteiger partial charge in [-0.3, -0.25) is 9.59 Å². The summed E-state index contributed by atoms with van der Waals surface area (Å²) in [4.78, 5) is 39.6. The molecule has 2 amide bonds. The van der Waals surface area contributed by atoms with Crippen LogP contribution >= 0.6 is 11.3 Å². The third-order valence-electron chi connectivity index (χ3n) is 9.96. The SMILES string of the molecule is Cc1csc([C@H]2CCCN2C(=O)c2cc(-c3ncco3)cc(C(N)=O)c2C(CO)C(OCc2ccccc2)(c2ccccc2)C2CCCN2)n1. The molecule has 0 bridgehead atoms. The third-order valence-corrected chi connectivity index (χ3v) is 11.0. The number of hydrogen-bond donors (Lipinski definition) is 3. The Kier molecular flexibility index (Phi) is 9.91. The van der Waals surface area contributed by atoms with E-state index in [0.717, 1.165) is 54.1 Å². The van der Waals surface area contributed by atoms with Gasteiger partial charge >= 0.3 is 0 Å². The molecule has 10 nitrogen and oxygen atoms in total. The molecule has 258 valence electrons. The van der Waals surface area contributed by atoms with Crippen LogP contribution in [0.5, 0.6) is 0 Å². The maximum atomic E-state index is 15.1. The average molecular weight is 692 g/mol. The van der Waals surface area contributed by atoms with Gasteiger partial charge in [-0.05, 0) is 68.0 Å². The van der Waals surface area contributed by atoms with E-state index in [4.69, 9.17) is 19.9 Å². The topological polar surface area (TPSA) is 144 Å². The summed E-state index contributed by atoms with van der Waals surface area (Å²) in [6, 6.07) is 22.5. The molecule has 50 heavy (non-hydrogen) atoms. The molecule has 5 aromatic rings. The van der Waals surface area contributed by atoms with E-state index in [0.29, 0.717) is 17.7 Å². The highest BCUT2D eigenvalue weighted by Gasteiger charge is 2.52. The van der Waals surface area contributed by atoms with Gasteiger partial charge in [0.1, 0.15) is 16.9 Å². The molecular weight excluding hydrogens is 651 g/mol. The molecule has 4 heterocycles. The van der Waals surface area contributed by atoms with Gasteiger partial charge in [-0.1, -0.05) is 60.7 Å². The van der Waals surface area contributed by atoms with Crippen LogP contribution in [0, 0.1) is 6.92 Å². The van der Waals surface area contributed by atoms with Crippen molar-refractivity contribution in [1.29, 1.82) is 0 Å². The van der Waals surface area contributed by atoms with Crippen molar-refractivity contribution in [2.75, 3.05) is 19.7 Å². The zero-order valence-corrected chi connectivity index (χ0v) is 28.8. The van der Waals surface area contributed by atoms with Crippen LogP contribution in [0.3, 0.4) is 0 Å². The maximum absolute atomic E-state index is 15.1. The summed E-state index contributed by atoms with van der Waals surface area (Å²) in [7, 11) is 0. The second-order valence-electron chi connectivity index (χ2n) is 13.0. The quantitative estimate of drug-likeness (QED) is 0.142. The molecule has 0 saturated carbocycles. The Bertz CT molecular complexity index is 1930. The Morgan fingerprint density at radius 2 is 1.86 bits per heavy atom. The van der Waals surface area contributed by atoms with Gasteiger partial charge in [-0.2, -0.15) is 0 Å². The molecule has 2 aliphatic heterocycles. The van der Waals surface area contributed by atoms with Crippen molar-refractivity contribution in [3.63, 3.8) is 0 Å². The van der Waals surface area contributed by atoms with Gasteiger partial charge in [0, 0.05) is 46.3 Å². The maximum Gasteiger partial charge on any atom is 0.254 e. The largest absolute Gasteiger partial charge is 0.445 e. The number of aryl methyl sites for hydroxylation is 1. The van der Waals surface area contributed by atoms with E-state index in [2.05, 4.69) is 10.3 Å². The summed E-state index contributed by atoms with van der Waals surface area (Å²) >= 11 is 1.54. The van der Waals surface area contributed by atoms with E-state index in [1.54, 1.807) is 12.1 Å². The first-order valence-corrected chi connectivity index (χ1v) is 18.0. The predicted molar refractivity (Wildman–Crippen MR) is 191 cm³/mol. The minimum atomic E-state index is -1.22. The second kappa shape index (κ2) is 14.7. The number of likely N-dealkylation sites (tertiary alicyclic amines) is 1. The number of rotatable bonds is 12. The van der Waals surface area contributed by atoms with E-state index >= 15 is 4.79 Å². The molecule has 4 atom stereocenters. The van der Waals surface area contributed by atoms with E-state index in [1.807, 2.05) is 77.9 Å². The number of aliphatic hydroxyl groups excluding tert-OH is 1. The first-order chi connectivity index (χ1) is 24.4. The van der Waals surface area contributed by atoms with E-state index in [1.165, 1.54) is 23.8 Å². The lowest BCUT2D eigenvalue weighted by Crippen LogP contribution is -2.53. The molecule has 3 unspecified atom stereocenters. The number of aliphatic hydroxyl groups is 1. The van der Waals surface area contributed by atoms with Crippen LogP contribution in [0.1, 0.15) is 85.8 Å².